The van der Waals surface area contributed by atoms with E-state index in [1.165, 1.54) is 17.7 Å². The molecule has 7 heteroatoms. The van der Waals surface area contributed by atoms with E-state index in [0.717, 1.165) is 24.0 Å². The molecule has 0 bridgehead atoms. The van der Waals surface area contributed by atoms with Gasteiger partial charge in [-0.05, 0) is 60.1 Å². The van der Waals surface area contributed by atoms with Crippen LogP contribution in [0.2, 0.25) is 0 Å². The summed E-state index contributed by atoms with van der Waals surface area (Å²) in [6.07, 6.45) is 1.18. The number of hydrogen-bond donors (Lipinski definition) is 5. The van der Waals surface area contributed by atoms with Crippen molar-refractivity contribution >= 4 is 16.8 Å². The van der Waals surface area contributed by atoms with E-state index in [0.29, 0.717) is 41.9 Å². The van der Waals surface area contributed by atoms with E-state index in [-0.39, 0.29) is 23.3 Å². The number of nitrogens with one attached hydrogen (secondary N) is 3. The second-order valence-corrected chi connectivity index (χ2v) is 10.4. The number of phenols is 1. The Kier molecular flexibility index (Phi) is 9.52. The standard InChI is InChI=1S/C32H37N3O4/c1-21(15-23-7-4-3-5-8-23)19-34-31(39)18-25-10-6-9-24(17-25)16-22(2)33-20-29(37)26-11-13-28(36)32-27(26)12-14-30(38)35-32/h3-14,17,21-22,29,33,36-37H,15-16,18-20H2,1-2H3,(H,34,39)(H,35,38)/t21?,22?,29-/m0/s1. The number of H-pyrrole nitrogens is 1. The molecule has 0 spiro atoms. The molecule has 1 heterocycles. The van der Waals surface area contributed by atoms with Crippen LogP contribution in [0.4, 0.5) is 0 Å². The van der Waals surface area contributed by atoms with E-state index in [4.69, 9.17) is 0 Å². The number of fused-ring (bicyclic) bond motifs is 1. The first-order valence-corrected chi connectivity index (χ1v) is 13.4. The molecule has 204 valence electrons. The molecule has 0 saturated heterocycles. The zero-order chi connectivity index (χ0) is 27.8. The fourth-order valence-electron chi connectivity index (χ4n) is 4.89. The number of aromatic hydroxyl groups is 1. The topological polar surface area (TPSA) is 114 Å². The predicted octanol–water partition coefficient (Wildman–Crippen LogP) is 4.03. The monoisotopic (exact) mass is 527 g/mol. The van der Waals surface area contributed by atoms with Gasteiger partial charge in [0.15, 0.2) is 0 Å². The molecule has 7 nitrogen and oxygen atoms in total. The summed E-state index contributed by atoms with van der Waals surface area (Å²) in [6.45, 7) is 5.14. The van der Waals surface area contributed by atoms with E-state index < -0.39 is 6.10 Å². The highest BCUT2D eigenvalue weighted by Gasteiger charge is 2.15. The number of aliphatic hydroxyl groups excluding tert-OH is 1. The molecule has 0 aliphatic heterocycles. The zero-order valence-corrected chi connectivity index (χ0v) is 22.5. The molecule has 0 saturated carbocycles. The van der Waals surface area contributed by atoms with Gasteiger partial charge in [-0.15, -0.1) is 0 Å². The summed E-state index contributed by atoms with van der Waals surface area (Å²) in [5.41, 5.74) is 3.99. The Morgan fingerprint density at radius 3 is 2.41 bits per heavy atom. The van der Waals surface area contributed by atoms with Crippen LogP contribution in [0.15, 0.2) is 83.7 Å². The third-order valence-electron chi connectivity index (χ3n) is 6.90. The maximum atomic E-state index is 12.6. The predicted molar refractivity (Wildman–Crippen MR) is 155 cm³/mol. The Hall–Kier alpha value is -3.94. The number of carbonyl (C=O) groups is 1. The quantitative estimate of drug-likeness (QED) is 0.191. The molecule has 2 unspecified atom stereocenters. The molecule has 1 aromatic heterocycles. The van der Waals surface area contributed by atoms with Gasteiger partial charge in [0.25, 0.3) is 0 Å². The highest BCUT2D eigenvalue weighted by molar-refractivity contribution is 5.87. The molecule has 0 aliphatic carbocycles. The summed E-state index contributed by atoms with van der Waals surface area (Å²) in [7, 11) is 0. The van der Waals surface area contributed by atoms with Crippen molar-refractivity contribution < 1.29 is 15.0 Å². The first-order valence-electron chi connectivity index (χ1n) is 13.4. The van der Waals surface area contributed by atoms with Crippen LogP contribution >= 0.6 is 0 Å². The van der Waals surface area contributed by atoms with E-state index in [9.17, 15) is 19.8 Å². The molecule has 0 fully saturated rings. The average molecular weight is 528 g/mol. The maximum absolute atomic E-state index is 12.6. The van der Waals surface area contributed by atoms with Gasteiger partial charge in [0.1, 0.15) is 5.75 Å². The lowest BCUT2D eigenvalue weighted by atomic mass is 10.0. The van der Waals surface area contributed by atoms with Gasteiger partial charge in [0, 0.05) is 30.6 Å². The van der Waals surface area contributed by atoms with E-state index in [2.05, 4.69) is 40.7 Å². The molecule has 0 radical (unpaired) electrons. The summed E-state index contributed by atoms with van der Waals surface area (Å²) < 4.78 is 0. The highest BCUT2D eigenvalue weighted by Crippen LogP contribution is 2.28. The molecule has 4 rings (SSSR count). The second kappa shape index (κ2) is 13.2. The smallest absolute Gasteiger partial charge is 0.248 e. The van der Waals surface area contributed by atoms with Crippen LogP contribution in [0.25, 0.3) is 10.9 Å². The van der Waals surface area contributed by atoms with Crippen LogP contribution in [0, 0.1) is 5.92 Å². The van der Waals surface area contributed by atoms with Gasteiger partial charge < -0.3 is 25.8 Å². The Labute approximate surface area is 228 Å². The van der Waals surface area contributed by atoms with Gasteiger partial charge >= 0.3 is 0 Å². The number of phenolic OH excluding ortho intramolecular Hbond substituents is 1. The van der Waals surface area contributed by atoms with Gasteiger partial charge in [-0.2, -0.15) is 0 Å². The minimum atomic E-state index is -0.819. The largest absolute Gasteiger partial charge is 0.506 e. The van der Waals surface area contributed by atoms with Crippen molar-refractivity contribution in [1.82, 2.24) is 15.6 Å². The number of carbonyl (C=O) groups excluding carboxylic acids is 1. The lowest BCUT2D eigenvalue weighted by Gasteiger charge is -2.19. The van der Waals surface area contributed by atoms with Crippen LogP contribution in [0.3, 0.4) is 0 Å². The van der Waals surface area contributed by atoms with Crippen molar-refractivity contribution in [3.05, 3.63) is 111 Å². The molecule has 1 amide bonds. The molecule has 3 aromatic carbocycles. The maximum Gasteiger partial charge on any atom is 0.248 e. The number of aliphatic hydroxyl groups is 1. The number of aromatic nitrogens is 1. The Bertz CT molecular complexity index is 1450. The van der Waals surface area contributed by atoms with Crippen molar-refractivity contribution in [2.45, 2.75) is 45.3 Å². The lowest BCUT2D eigenvalue weighted by molar-refractivity contribution is -0.120. The molecule has 3 atom stereocenters. The Balaban J connectivity index is 1.26. The van der Waals surface area contributed by atoms with Crippen molar-refractivity contribution in [3.63, 3.8) is 0 Å². The fraction of sp³-hybridized carbons (Fsp3) is 0.312. The third-order valence-corrected chi connectivity index (χ3v) is 6.90. The number of pyridine rings is 1. The molecular weight excluding hydrogens is 490 g/mol. The van der Waals surface area contributed by atoms with E-state index in [1.807, 2.05) is 43.3 Å². The van der Waals surface area contributed by atoms with Crippen LogP contribution in [-0.4, -0.2) is 40.2 Å². The van der Waals surface area contributed by atoms with Crippen LogP contribution in [0.1, 0.15) is 42.2 Å². The summed E-state index contributed by atoms with van der Waals surface area (Å²) in [5.74, 6) is 0.339. The van der Waals surface area contributed by atoms with Gasteiger partial charge in [-0.25, -0.2) is 0 Å². The first kappa shape index (κ1) is 28.1. The summed E-state index contributed by atoms with van der Waals surface area (Å²) in [5, 5.41) is 27.9. The van der Waals surface area contributed by atoms with Crippen molar-refractivity contribution in [2.24, 2.45) is 5.92 Å². The normalized spacial score (nSPS) is 13.6. The minimum absolute atomic E-state index is 0.0174. The molecule has 39 heavy (non-hydrogen) atoms. The SMILES string of the molecule is CC(CNC(=O)Cc1cccc(CC(C)NC[C@H](O)c2ccc(O)c3[nH]c(=O)ccc23)c1)Cc1ccccc1. The number of hydrogen-bond acceptors (Lipinski definition) is 5. The minimum Gasteiger partial charge on any atom is -0.506 e. The van der Waals surface area contributed by atoms with Crippen LogP contribution < -0.4 is 16.2 Å². The Morgan fingerprint density at radius 2 is 1.62 bits per heavy atom. The fourth-order valence-corrected chi connectivity index (χ4v) is 4.89. The van der Waals surface area contributed by atoms with Gasteiger partial charge in [0.05, 0.1) is 18.0 Å². The van der Waals surface area contributed by atoms with Crippen LogP contribution in [-0.2, 0) is 24.1 Å². The lowest BCUT2D eigenvalue weighted by Crippen LogP contribution is -2.32. The van der Waals surface area contributed by atoms with Gasteiger partial charge in [-0.1, -0.05) is 67.6 Å². The van der Waals surface area contributed by atoms with Crippen LogP contribution in [0.5, 0.6) is 5.75 Å². The number of amides is 1. The summed E-state index contributed by atoms with van der Waals surface area (Å²) >= 11 is 0. The third kappa shape index (κ3) is 8.02. The molecular formula is C32H37N3O4. The van der Waals surface area contributed by atoms with Crippen molar-refractivity contribution in [1.29, 1.82) is 0 Å². The Morgan fingerprint density at radius 1 is 0.872 bits per heavy atom. The number of aromatic amines is 1. The van der Waals surface area contributed by atoms with Gasteiger partial charge in [0.2, 0.25) is 11.5 Å². The summed E-state index contributed by atoms with van der Waals surface area (Å²) in [4.78, 5) is 26.8. The van der Waals surface area contributed by atoms with E-state index >= 15 is 0 Å². The van der Waals surface area contributed by atoms with E-state index in [1.54, 1.807) is 12.1 Å². The molecule has 0 aliphatic rings. The van der Waals surface area contributed by atoms with Crippen molar-refractivity contribution in [3.8, 4) is 5.75 Å². The second-order valence-electron chi connectivity index (χ2n) is 10.4. The number of benzene rings is 3. The summed E-state index contributed by atoms with van der Waals surface area (Å²) in [6, 6.07) is 24.6. The van der Waals surface area contributed by atoms with Gasteiger partial charge in [-0.3, -0.25) is 9.59 Å². The first-order chi connectivity index (χ1) is 18.8. The average Bonchev–Trinajstić information content (AvgIpc) is 2.92. The number of rotatable bonds is 12. The molecule has 5 N–H and O–H groups in total. The molecule has 4 aromatic rings. The van der Waals surface area contributed by atoms with Crippen molar-refractivity contribution in [2.75, 3.05) is 13.1 Å². The zero-order valence-electron chi connectivity index (χ0n) is 22.5. The highest BCUT2D eigenvalue weighted by atomic mass is 16.3.